The molecule has 0 unspecified atom stereocenters. The molecule has 6 heteroatoms. The lowest BCUT2D eigenvalue weighted by Gasteiger charge is -2.12. The van der Waals surface area contributed by atoms with Gasteiger partial charge in [-0.3, -0.25) is 9.48 Å². The summed E-state index contributed by atoms with van der Waals surface area (Å²) in [5.74, 6) is 0.145. The van der Waals surface area contributed by atoms with Gasteiger partial charge in [0.15, 0.2) is 5.75 Å². The van der Waals surface area contributed by atoms with E-state index in [-0.39, 0.29) is 5.91 Å². The predicted molar refractivity (Wildman–Crippen MR) is 77.9 cm³/mol. The number of carbonyl (C=O) groups is 1. The number of para-hydroxylation sites is 1. The Balaban J connectivity index is 2.22. The number of aryl methyl sites for hydroxylation is 1. The number of nitrogen functional groups attached to an aromatic ring is 1. The van der Waals surface area contributed by atoms with Gasteiger partial charge in [0.1, 0.15) is 0 Å². The average Bonchev–Trinajstić information content (AvgIpc) is 2.88. The van der Waals surface area contributed by atoms with E-state index in [2.05, 4.69) is 10.4 Å². The zero-order valence-corrected chi connectivity index (χ0v) is 11.6. The lowest BCUT2D eigenvalue weighted by atomic mass is 10.1. The van der Waals surface area contributed by atoms with Crippen molar-refractivity contribution in [2.75, 3.05) is 17.7 Å². The van der Waals surface area contributed by atoms with Gasteiger partial charge in [0.25, 0.3) is 5.91 Å². The number of nitrogens with one attached hydrogen (secondary N) is 1. The number of anilines is 2. The van der Waals surface area contributed by atoms with E-state index < -0.39 is 0 Å². The third kappa shape index (κ3) is 2.90. The maximum absolute atomic E-state index is 12.3. The van der Waals surface area contributed by atoms with Crippen LogP contribution in [0.3, 0.4) is 0 Å². The summed E-state index contributed by atoms with van der Waals surface area (Å²) in [6, 6.07) is 5.11. The third-order valence-corrected chi connectivity index (χ3v) is 2.79. The van der Waals surface area contributed by atoms with Crippen LogP contribution in [-0.2, 0) is 6.54 Å². The van der Waals surface area contributed by atoms with Gasteiger partial charge >= 0.3 is 0 Å². The van der Waals surface area contributed by atoms with E-state index in [0.717, 1.165) is 6.54 Å². The molecule has 0 radical (unpaired) electrons. The number of ether oxygens (including phenoxy) is 1. The summed E-state index contributed by atoms with van der Waals surface area (Å²) in [4.78, 5) is 12.3. The van der Waals surface area contributed by atoms with Gasteiger partial charge in [0.05, 0.1) is 29.7 Å². The molecule has 0 bridgehead atoms. The van der Waals surface area contributed by atoms with Gasteiger partial charge in [0.2, 0.25) is 0 Å². The number of nitrogens with two attached hydrogens (primary N) is 1. The normalized spacial score (nSPS) is 10.3. The van der Waals surface area contributed by atoms with E-state index in [0.29, 0.717) is 29.3 Å². The number of hydrogen-bond donors (Lipinski definition) is 2. The van der Waals surface area contributed by atoms with Crippen LogP contribution in [0.15, 0.2) is 30.6 Å². The molecule has 106 valence electrons. The molecule has 0 saturated carbocycles. The Kier molecular flexibility index (Phi) is 4.24. The molecule has 20 heavy (non-hydrogen) atoms. The molecule has 0 aliphatic rings. The highest BCUT2D eigenvalue weighted by molar-refractivity contribution is 6.07. The second-order valence-corrected chi connectivity index (χ2v) is 4.20. The summed E-state index contributed by atoms with van der Waals surface area (Å²) >= 11 is 0. The number of hydrogen-bond acceptors (Lipinski definition) is 4. The quantitative estimate of drug-likeness (QED) is 0.818. The maximum Gasteiger partial charge on any atom is 0.259 e. The number of rotatable bonds is 5. The highest BCUT2D eigenvalue weighted by atomic mass is 16.5. The third-order valence-electron chi connectivity index (χ3n) is 2.79. The van der Waals surface area contributed by atoms with Crippen molar-refractivity contribution in [3.8, 4) is 5.75 Å². The van der Waals surface area contributed by atoms with Gasteiger partial charge in [-0.05, 0) is 26.0 Å². The monoisotopic (exact) mass is 274 g/mol. The van der Waals surface area contributed by atoms with E-state index >= 15 is 0 Å². The Labute approximate surface area is 117 Å². The van der Waals surface area contributed by atoms with E-state index in [1.54, 1.807) is 35.3 Å². The molecule has 6 nitrogen and oxygen atoms in total. The van der Waals surface area contributed by atoms with Gasteiger partial charge in [-0.1, -0.05) is 6.07 Å². The van der Waals surface area contributed by atoms with Gasteiger partial charge in [-0.2, -0.15) is 5.10 Å². The Hall–Kier alpha value is -2.50. The molecule has 1 amide bonds. The van der Waals surface area contributed by atoms with Crippen LogP contribution in [0.2, 0.25) is 0 Å². The van der Waals surface area contributed by atoms with Crippen molar-refractivity contribution in [2.24, 2.45) is 0 Å². The number of nitrogens with zero attached hydrogens (tertiary/aromatic N) is 2. The molecule has 1 aromatic carbocycles. The largest absolute Gasteiger partial charge is 0.491 e. The van der Waals surface area contributed by atoms with Gasteiger partial charge < -0.3 is 15.8 Å². The lowest BCUT2D eigenvalue weighted by molar-refractivity contribution is 0.102. The molecule has 0 saturated heterocycles. The van der Waals surface area contributed by atoms with Crippen LogP contribution in [0, 0.1) is 0 Å². The molecule has 0 fully saturated rings. The van der Waals surface area contributed by atoms with Crippen LogP contribution in [0.5, 0.6) is 5.75 Å². The second-order valence-electron chi connectivity index (χ2n) is 4.20. The summed E-state index contributed by atoms with van der Waals surface area (Å²) in [5.41, 5.74) is 7.34. The summed E-state index contributed by atoms with van der Waals surface area (Å²) in [5, 5.41) is 6.88. The molecule has 2 rings (SSSR count). The zero-order chi connectivity index (χ0) is 14.5. The number of aromatic nitrogens is 2. The highest BCUT2D eigenvalue weighted by Gasteiger charge is 2.15. The van der Waals surface area contributed by atoms with Gasteiger partial charge in [-0.25, -0.2) is 0 Å². The van der Waals surface area contributed by atoms with Crippen molar-refractivity contribution in [1.82, 2.24) is 9.78 Å². The molecule has 0 spiro atoms. The Morgan fingerprint density at radius 2 is 2.25 bits per heavy atom. The van der Waals surface area contributed by atoms with Crippen LogP contribution >= 0.6 is 0 Å². The minimum atomic E-state index is -0.267. The predicted octanol–water partition coefficient (Wildman–Crippen LogP) is 2.14. The fourth-order valence-corrected chi connectivity index (χ4v) is 1.84. The van der Waals surface area contributed by atoms with Crippen LogP contribution in [-0.4, -0.2) is 22.3 Å². The van der Waals surface area contributed by atoms with Crippen molar-refractivity contribution in [1.29, 1.82) is 0 Å². The summed E-state index contributed by atoms with van der Waals surface area (Å²) < 4.78 is 7.18. The number of benzene rings is 1. The number of amides is 1. The summed E-state index contributed by atoms with van der Waals surface area (Å²) in [6.07, 6.45) is 3.37. The van der Waals surface area contributed by atoms with E-state index in [1.807, 2.05) is 13.8 Å². The average molecular weight is 274 g/mol. The SMILES string of the molecule is CCOc1c(N)cccc1C(=O)Nc1cnn(CC)c1. The van der Waals surface area contributed by atoms with E-state index in [1.165, 1.54) is 0 Å². The van der Waals surface area contributed by atoms with Crippen LogP contribution < -0.4 is 15.8 Å². The summed E-state index contributed by atoms with van der Waals surface area (Å²) in [7, 11) is 0. The molecule has 1 heterocycles. The first-order chi connectivity index (χ1) is 9.65. The van der Waals surface area contributed by atoms with Crippen molar-refractivity contribution in [3.63, 3.8) is 0 Å². The fraction of sp³-hybridized carbons (Fsp3) is 0.286. The smallest absolute Gasteiger partial charge is 0.259 e. The topological polar surface area (TPSA) is 82.2 Å². The van der Waals surface area contributed by atoms with Crippen molar-refractivity contribution >= 4 is 17.3 Å². The highest BCUT2D eigenvalue weighted by Crippen LogP contribution is 2.27. The molecular weight excluding hydrogens is 256 g/mol. The van der Waals surface area contributed by atoms with Crippen LogP contribution in [0.4, 0.5) is 11.4 Å². The minimum absolute atomic E-state index is 0.267. The van der Waals surface area contributed by atoms with Crippen molar-refractivity contribution in [2.45, 2.75) is 20.4 Å². The van der Waals surface area contributed by atoms with Gasteiger partial charge in [0, 0.05) is 12.7 Å². The molecule has 3 N–H and O–H groups in total. The van der Waals surface area contributed by atoms with Crippen molar-refractivity contribution in [3.05, 3.63) is 36.2 Å². The molecule has 1 aromatic heterocycles. The minimum Gasteiger partial charge on any atom is -0.491 e. The number of carbonyl (C=O) groups excluding carboxylic acids is 1. The Morgan fingerprint density at radius 3 is 2.90 bits per heavy atom. The molecule has 2 aromatic rings. The van der Waals surface area contributed by atoms with Crippen LogP contribution in [0.1, 0.15) is 24.2 Å². The molecule has 0 aliphatic carbocycles. The molecule has 0 atom stereocenters. The lowest BCUT2D eigenvalue weighted by Crippen LogP contribution is -2.14. The molecule has 0 aliphatic heterocycles. The first-order valence-electron chi connectivity index (χ1n) is 6.50. The van der Waals surface area contributed by atoms with E-state index in [4.69, 9.17) is 10.5 Å². The molecular formula is C14H18N4O2. The van der Waals surface area contributed by atoms with Gasteiger partial charge in [-0.15, -0.1) is 0 Å². The van der Waals surface area contributed by atoms with E-state index in [9.17, 15) is 4.79 Å². The first-order valence-corrected chi connectivity index (χ1v) is 6.50. The standard InChI is InChI=1S/C14H18N4O2/c1-3-18-9-10(8-16-18)17-14(19)11-6-5-7-12(15)13(11)20-4-2/h5-9H,3-4,15H2,1-2H3,(H,17,19). The van der Waals surface area contributed by atoms with Crippen molar-refractivity contribution < 1.29 is 9.53 Å². The Morgan fingerprint density at radius 1 is 1.45 bits per heavy atom. The van der Waals surface area contributed by atoms with Crippen LogP contribution in [0.25, 0.3) is 0 Å². The fourth-order valence-electron chi connectivity index (χ4n) is 1.84. The summed E-state index contributed by atoms with van der Waals surface area (Å²) in [6.45, 7) is 5.02. The first kappa shape index (κ1) is 13.9. The zero-order valence-electron chi connectivity index (χ0n) is 11.6. The second kappa shape index (κ2) is 6.10. The maximum atomic E-state index is 12.3. The Bertz CT molecular complexity index is 607.